The zero-order chi connectivity index (χ0) is 23.8. The summed E-state index contributed by atoms with van der Waals surface area (Å²) < 4.78 is 28.8. The molecule has 0 spiro atoms. The van der Waals surface area contributed by atoms with Crippen molar-refractivity contribution in [1.29, 1.82) is 0 Å². The molecule has 0 radical (unpaired) electrons. The number of amides is 2. The van der Waals surface area contributed by atoms with Crippen molar-refractivity contribution >= 4 is 33.2 Å². The summed E-state index contributed by atoms with van der Waals surface area (Å²) in [4.78, 5) is 26.6. The van der Waals surface area contributed by atoms with E-state index in [1.54, 1.807) is 30.9 Å². The van der Waals surface area contributed by atoms with Crippen LogP contribution in [0.2, 0.25) is 0 Å². The number of carbonyl (C=O) groups is 2. The van der Waals surface area contributed by atoms with Crippen LogP contribution >= 0.6 is 0 Å². The largest absolute Gasteiger partial charge is 0.325 e. The van der Waals surface area contributed by atoms with Crippen molar-refractivity contribution in [3.05, 3.63) is 53.1 Å². The fourth-order valence-corrected chi connectivity index (χ4v) is 5.64. The average Bonchev–Trinajstić information content (AvgIpc) is 3.00. The number of fused-ring (bicyclic) bond motifs is 1. The van der Waals surface area contributed by atoms with Gasteiger partial charge in [-0.3, -0.25) is 9.59 Å². The second-order valence-electron chi connectivity index (χ2n) is 8.94. The molecule has 3 rings (SSSR count). The van der Waals surface area contributed by atoms with Crippen molar-refractivity contribution in [2.24, 2.45) is 5.92 Å². The van der Waals surface area contributed by atoms with Gasteiger partial charge in [-0.2, -0.15) is 4.72 Å². The fourth-order valence-electron chi connectivity index (χ4n) is 4.25. The van der Waals surface area contributed by atoms with E-state index in [2.05, 4.69) is 10.0 Å². The molecular weight excluding hydrogens is 426 g/mol. The van der Waals surface area contributed by atoms with Gasteiger partial charge < -0.3 is 10.2 Å². The Kier molecular flexibility index (Phi) is 6.76. The van der Waals surface area contributed by atoms with Crippen molar-refractivity contribution in [1.82, 2.24) is 4.72 Å². The van der Waals surface area contributed by atoms with Gasteiger partial charge in [0.05, 0.1) is 4.90 Å². The van der Waals surface area contributed by atoms with Crippen LogP contribution in [-0.4, -0.2) is 32.3 Å². The number of benzene rings is 2. The molecule has 0 unspecified atom stereocenters. The van der Waals surface area contributed by atoms with Crippen LogP contribution in [0.25, 0.3) is 0 Å². The van der Waals surface area contributed by atoms with E-state index in [4.69, 9.17) is 0 Å². The average molecular weight is 458 g/mol. The molecule has 2 amide bonds. The number of anilines is 2. The first kappa shape index (κ1) is 23.9. The highest BCUT2D eigenvalue weighted by Crippen LogP contribution is 2.34. The molecule has 0 bridgehead atoms. The zero-order valence-electron chi connectivity index (χ0n) is 19.4. The Labute approximate surface area is 190 Å². The van der Waals surface area contributed by atoms with Gasteiger partial charge in [0.25, 0.3) is 0 Å². The molecule has 172 valence electrons. The Balaban J connectivity index is 1.84. The predicted octanol–water partition coefficient (Wildman–Crippen LogP) is 3.54. The maximum absolute atomic E-state index is 13.1. The summed E-state index contributed by atoms with van der Waals surface area (Å²) in [5.41, 5.74) is 4.18. The minimum atomic E-state index is -3.95. The van der Waals surface area contributed by atoms with Crippen molar-refractivity contribution in [2.75, 3.05) is 10.2 Å². The molecule has 0 aliphatic carbocycles. The van der Waals surface area contributed by atoms with E-state index >= 15 is 0 Å². The second-order valence-corrected chi connectivity index (χ2v) is 10.7. The van der Waals surface area contributed by atoms with Crippen LogP contribution in [0.15, 0.2) is 41.3 Å². The highest BCUT2D eigenvalue weighted by atomic mass is 32.2. The zero-order valence-corrected chi connectivity index (χ0v) is 20.2. The Morgan fingerprint density at radius 1 is 1.06 bits per heavy atom. The molecule has 2 aromatic rings. The van der Waals surface area contributed by atoms with Crippen molar-refractivity contribution in [3.63, 3.8) is 0 Å². The molecule has 2 aromatic carbocycles. The Morgan fingerprint density at radius 2 is 1.69 bits per heavy atom. The van der Waals surface area contributed by atoms with Gasteiger partial charge in [0.1, 0.15) is 6.04 Å². The van der Waals surface area contributed by atoms with Crippen LogP contribution in [0.5, 0.6) is 0 Å². The lowest BCUT2D eigenvalue weighted by Crippen LogP contribution is -2.47. The normalized spacial score (nSPS) is 16.7. The third-order valence-electron chi connectivity index (χ3n) is 5.64. The number of sulfonamides is 1. The number of hydrogen-bond donors (Lipinski definition) is 2. The number of carbonyl (C=O) groups excluding carboxylic acids is 2. The second kappa shape index (κ2) is 9.03. The number of aryl methyl sites for hydroxylation is 2. The number of nitrogens with zero attached hydrogens (tertiary/aromatic N) is 1. The summed E-state index contributed by atoms with van der Waals surface area (Å²) in [6.45, 7) is 10.9. The maximum Gasteiger partial charge on any atom is 0.242 e. The summed E-state index contributed by atoms with van der Waals surface area (Å²) in [5, 5.41) is 2.83. The minimum Gasteiger partial charge on any atom is -0.325 e. The topological polar surface area (TPSA) is 95.6 Å². The Morgan fingerprint density at radius 3 is 2.25 bits per heavy atom. The minimum absolute atomic E-state index is 0.0274. The fraction of sp³-hybridized carbons (Fsp3) is 0.417. The van der Waals surface area contributed by atoms with E-state index in [-0.39, 0.29) is 22.8 Å². The molecule has 7 nitrogen and oxygen atoms in total. The predicted molar refractivity (Wildman–Crippen MR) is 126 cm³/mol. The van der Waals surface area contributed by atoms with Gasteiger partial charge in [-0.25, -0.2) is 8.42 Å². The quantitative estimate of drug-likeness (QED) is 0.694. The SMILES string of the molecule is CC(=O)N1c2ccc(S(=O)(=O)N[C@H](C(=O)Nc3cc(C)cc(C)c3)C(C)C)cc2C[C@H]1C. The van der Waals surface area contributed by atoms with Gasteiger partial charge in [0, 0.05) is 24.3 Å². The van der Waals surface area contributed by atoms with Gasteiger partial charge in [0.15, 0.2) is 0 Å². The standard InChI is InChI=1S/C24H31N3O4S/c1-14(2)23(24(29)25-20-10-15(3)9-16(4)11-20)26-32(30,31)21-7-8-22-19(13-21)12-17(5)27(22)18(6)28/h7-11,13-14,17,23,26H,12H2,1-6H3,(H,25,29)/t17-,23+/m1/s1. The van der Waals surface area contributed by atoms with Crippen molar-refractivity contribution in [3.8, 4) is 0 Å². The van der Waals surface area contributed by atoms with Gasteiger partial charge in [-0.15, -0.1) is 0 Å². The molecule has 0 saturated heterocycles. The molecule has 1 aliphatic heterocycles. The number of nitrogens with one attached hydrogen (secondary N) is 2. The van der Waals surface area contributed by atoms with Crippen molar-refractivity contribution in [2.45, 2.75) is 64.9 Å². The summed E-state index contributed by atoms with van der Waals surface area (Å²) in [6.07, 6.45) is 0.582. The van der Waals surface area contributed by atoms with Crippen LogP contribution in [0.4, 0.5) is 11.4 Å². The first-order valence-corrected chi connectivity index (χ1v) is 12.2. The molecule has 2 atom stereocenters. The highest BCUT2D eigenvalue weighted by Gasteiger charge is 2.32. The van der Waals surface area contributed by atoms with Crippen LogP contribution in [0.1, 0.15) is 44.4 Å². The third kappa shape index (κ3) is 5.02. The Bertz CT molecular complexity index is 1140. The monoisotopic (exact) mass is 457 g/mol. The maximum atomic E-state index is 13.1. The van der Waals surface area contributed by atoms with Gasteiger partial charge >= 0.3 is 0 Å². The summed E-state index contributed by atoms with van der Waals surface area (Å²) in [5.74, 6) is -0.752. The highest BCUT2D eigenvalue weighted by molar-refractivity contribution is 7.89. The van der Waals surface area contributed by atoms with Crippen LogP contribution in [0, 0.1) is 19.8 Å². The molecule has 32 heavy (non-hydrogen) atoms. The summed E-state index contributed by atoms with van der Waals surface area (Å²) >= 11 is 0. The molecule has 0 fully saturated rings. The number of rotatable bonds is 6. The Hall–Kier alpha value is -2.71. The molecule has 8 heteroatoms. The van der Waals surface area contributed by atoms with E-state index in [1.807, 2.05) is 39.0 Å². The number of hydrogen-bond acceptors (Lipinski definition) is 4. The van der Waals surface area contributed by atoms with E-state index in [1.165, 1.54) is 13.0 Å². The van der Waals surface area contributed by atoms with E-state index in [9.17, 15) is 18.0 Å². The first-order valence-electron chi connectivity index (χ1n) is 10.7. The molecule has 2 N–H and O–H groups in total. The van der Waals surface area contributed by atoms with Crippen molar-refractivity contribution < 1.29 is 18.0 Å². The lowest BCUT2D eigenvalue weighted by atomic mass is 10.0. The van der Waals surface area contributed by atoms with Gasteiger partial charge in [-0.1, -0.05) is 19.9 Å². The van der Waals surface area contributed by atoms with Gasteiger partial charge in [0.2, 0.25) is 21.8 Å². The smallest absolute Gasteiger partial charge is 0.242 e. The lowest BCUT2D eigenvalue weighted by molar-refractivity contribution is -0.118. The molecular formula is C24H31N3O4S. The summed E-state index contributed by atoms with van der Waals surface area (Å²) in [7, 11) is -3.95. The van der Waals surface area contributed by atoms with Crippen LogP contribution < -0.4 is 14.9 Å². The van der Waals surface area contributed by atoms with Crippen LogP contribution in [0.3, 0.4) is 0 Å². The lowest BCUT2D eigenvalue weighted by Gasteiger charge is -2.22. The van der Waals surface area contributed by atoms with Gasteiger partial charge in [-0.05, 0) is 80.1 Å². The molecule has 0 saturated carbocycles. The van der Waals surface area contributed by atoms with E-state index < -0.39 is 22.0 Å². The molecule has 1 aliphatic rings. The molecule has 0 aromatic heterocycles. The first-order chi connectivity index (χ1) is 14.9. The summed E-state index contributed by atoms with van der Waals surface area (Å²) in [6, 6.07) is 9.46. The molecule has 1 heterocycles. The van der Waals surface area contributed by atoms with Crippen LogP contribution in [-0.2, 0) is 26.0 Å². The van der Waals surface area contributed by atoms with E-state index in [0.29, 0.717) is 12.1 Å². The van der Waals surface area contributed by atoms with E-state index in [0.717, 1.165) is 22.4 Å². The third-order valence-corrected chi connectivity index (χ3v) is 7.08.